The maximum Gasteiger partial charge on any atom is 0.315 e. The Bertz CT molecular complexity index is 674. The van der Waals surface area contributed by atoms with Gasteiger partial charge in [0.15, 0.2) is 0 Å². The Morgan fingerprint density at radius 3 is 2.74 bits per heavy atom. The second-order valence-corrected chi connectivity index (χ2v) is 5.49. The van der Waals surface area contributed by atoms with Gasteiger partial charge >= 0.3 is 6.03 Å². The lowest BCUT2D eigenvalue weighted by atomic mass is 9.95. The number of nitriles is 1. The van der Waals surface area contributed by atoms with E-state index < -0.39 is 0 Å². The molecule has 6 nitrogen and oxygen atoms in total. The van der Waals surface area contributed by atoms with Crippen molar-refractivity contribution in [3.63, 3.8) is 0 Å². The minimum absolute atomic E-state index is 0.0206. The van der Waals surface area contributed by atoms with Crippen LogP contribution in [0, 0.1) is 11.3 Å². The third-order valence-corrected chi connectivity index (χ3v) is 3.82. The van der Waals surface area contributed by atoms with E-state index in [2.05, 4.69) is 34.8 Å². The first-order valence-electron chi connectivity index (χ1n) is 7.62. The van der Waals surface area contributed by atoms with E-state index in [1.165, 1.54) is 11.8 Å². The first-order chi connectivity index (χ1) is 11.1. The lowest BCUT2D eigenvalue weighted by Crippen LogP contribution is -2.43. The summed E-state index contributed by atoms with van der Waals surface area (Å²) in [7, 11) is 0. The first-order valence-corrected chi connectivity index (χ1v) is 7.62. The van der Waals surface area contributed by atoms with Crippen LogP contribution in [0.4, 0.5) is 4.79 Å². The molecule has 0 aliphatic heterocycles. The molecule has 0 saturated carbocycles. The summed E-state index contributed by atoms with van der Waals surface area (Å²) in [5, 5.41) is 18.5. The molecule has 0 bridgehead atoms. The van der Waals surface area contributed by atoms with Gasteiger partial charge in [0.25, 0.3) is 0 Å². The fraction of sp³-hybridized carbons (Fsp3) is 0.353. The number of nitrogens with one attached hydrogen (secondary N) is 2. The minimum Gasteiger partial charge on any atom is -0.336 e. The van der Waals surface area contributed by atoms with Gasteiger partial charge in [0, 0.05) is 24.7 Å². The number of benzene rings is 1. The summed E-state index contributed by atoms with van der Waals surface area (Å²) in [5.74, 6) is 0.228. The summed E-state index contributed by atoms with van der Waals surface area (Å²) < 4.78 is 1.63. The lowest BCUT2D eigenvalue weighted by Gasteiger charge is -2.22. The summed E-state index contributed by atoms with van der Waals surface area (Å²) in [6.07, 6.45) is 3.16. The van der Waals surface area contributed by atoms with Gasteiger partial charge in [-0.3, -0.25) is 4.68 Å². The number of hydrogen-bond acceptors (Lipinski definition) is 3. The smallest absolute Gasteiger partial charge is 0.315 e. The number of nitrogens with zero attached hydrogens (tertiary/aromatic N) is 3. The molecule has 120 valence electrons. The Morgan fingerprint density at radius 1 is 1.35 bits per heavy atom. The Morgan fingerprint density at radius 2 is 2.09 bits per heavy atom. The van der Waals surface area contributed by atoms with E-state index >= 15 is 0 Å². The van der Waals surface area contributed by atoms with E-state index in [1.807, 2.05) is 31.2 Å². The lowest BCUT2D eigenvalue weighted by molar-refractivity contribution is 0.235. The van der Waals surface area contributed by atoms with Crippen LogP contribution in [0.25, 0.3) is 0 Å². The molecule has 23 heavy (non-hydrogen) atoms. The van der Waals surface area contributed by atoms with Gasteiger partial charge in [-0.15, -0.1) is 0 Å². The molecular formula is C17H21N5O. The van der Waals surface area contributed by atoms with Crippen LogP contribution >= 0.6 is 0 Å². The average molecular weight is 311 g/mol. The van der Waals surface area contributed by atoms with Crippen molar-refractivity contribution in [3.05, 3.63) is 53.9 Å². The summed E-state index contributed by atoms with van der Waals surface area (Å²) in [6.45, 7) is 5.06. The Balaban J connectivity index is 1.75. The highest BCUT2D eigenvalue weighted by Gasteiger charge is 2.16. The van der Waals surface area contributed by atoms with E-state index in [0.717, 1.165) is 0 Å². The van der Waals surface area contributed by atoms with Gasteiger partial charge in [-0.05, 0) is 12.5 Å². The predicted molar refractivity (Wildman–Crippen MR) is 87.8 cm³/mol. The van der Waals surface area contributed by atoms with Crippen LogP contribution in [-0.2, 0) is 6.54 Å². The number of amides is 2. The average Bonchev–Trinajstić information content (AvgIpc) is 3.03. The molecule has 0 aliphatic carbocycles. The Labute approximate surface area is 136 Å². The van der Waals surface area contributed by atoms with Crippen LogP contribution in [0.15, 0.2) is 42.7 Å². The Hall–Kier alpha value is -2.81. The van der Waals surface area contributed by atoms with Crippen molar-refractivity contribution in [1.82, 2.24) is 20.4 Å². The second kappa shape index (κ2) is 7.99. The molecule has 2 N–H and O–H groups in total. The van der Waals surface area contributed by atoms with Crippen LogP contribution in [-0.4, -0.2) is 28.4 Å². The SMILES string of the molecule is C[C@H](c1ccccc1)[C@@H](C)NC(=O)NCCn1cc(C#N)cn1. The predicted octanol–water partition coefficient (Wildman–Crippen LogP) is 2.25. The van der Waals surface area contributed by atoms with Crippen molar-refractivity contribution in [3.8, 4) is 6.07 Å². The number of urea groups is 1. The van der Waals surface area contributed by atoms with E-state index in [9.17, 15) is 4.79 Å². The number of aromatic nitrogens is 2. The molecule has 1 heterocycles. The van der Waals surface area contributed by atoms with Crippen molar-refractivity contribution >= 4 is 6.03 Å². The van der Waals surface area contributed by atoms with Crippen LogP contribution in [0.2, 0.25) is 0 Å². The number of carbonyl (C=O) groups is 1. The fourth-order valence-corrected chi connectivity index (χ4v) is 2.26. The van der Waals surface area contributed by atoms with Crippen molar-refractivity contribution in [2.24, 2.45) is 0 Å². The molecule has 1 aromatic carbocycles. The van der Waals surface area contributed by atoms with Crippen molar-refractivity contribution in [2.45, 2.75) is 32.4 Å². The van der Waals surface area contributed by atoms with E-state index in [1.54, 1.807) is 10.9 Å². The highest BCUT2D eigenvalue weighted by molar-refractivity contribution is 5.74. The van der Waals surface area contributed by atoms with Crippen LogP contribution < -0.4 is 10.6 Å². The van der Waals surface area contributed by atoms with Crippen molar-refractivity contribution in [1.29, 1.82) is 5.26 Å². The quantitative estimate of drug-likeness (QED) is 0.858. The molecule has 2 rings (SSSR count). The zero-order valence-corrected chi connectivity index (χ0v) is 13.4. The fourth-order valence-electron chi connectivity index (χ4n) is 2.26. The number of rotatable bonds is 6. The highest BCUT2D eigenvalue weighted by Crippen LogP contribution is 2.18. The maximum absolute atomic E-state index is 11.9. The Kier molecular flexibility index (Phi) is 5.75. The van der Waals surface area contributed by atoms with Gasteiger partial charge in [0.2, 0.25) is 0 Å². The summed E-state index contributed by atoms with van der Waals surface area (Å²) in [5.41, 5.74) is 1.71. The summed E-state index contributed by atoms with van der Waals surface area (Å²) >= 11 is 0. The van der Waals surface area contributed by atoms with Gasteiger partial charge in [-0.25, -0.2) is 4.79 Å². The van der Waals surface area contributed by atoms with Gasteiger partial charge in [0.1, 0.15) is 6.07 Å². The largest absolute Gasteiger partial charge is 0.336 e. The van der Waals surface area contributed by atoms with Crippen molar-refractivity contribution in [2.75, 3.05) is 6.54 Å². The minimum atomic E-state index is -0.201. The summed E-state index contributed by atoms with van der Waals surface area (Å²) in [6, 6.07) is 11.9. The molecule has 0 aliphatic rings. The highest BCUT2D eigenvalue weighted by atomic mass is 16.2. The van der Waals surface area contributed by atoms with Crippen LogP contribution in [0.3, 0.4) is 0 Å². The molecule has 0 unspecified atom stereocenters. The molecule has 0 radical (unpaired) electrons. The molecule has 0 saturated heterocycles. The third-order valence-electron chi connectivity index (χ3n) is 3.82. The molecule has 2 atom stereocenters. The topological polar surface area (TPSA) is 82.7 Å². The second-order valence-electron chi connectivity index (χ2n) is 5.49. The van der Waals surface area contributed by atoms with Gasteiger partial charge in [0.05, 0.1) is 18.3 Å². The monoisotopic (exact) mass is 311 g/mol. The standard InChI is InChI=1S/C17H21N5O/c1-13(16-6-4-3-5-7-16)14(2)21-17(23)19-8-9-22-12-15(10-18)11-20-22/h3-7,11-14H,8-9H2,1-2H3,(H2,19,21,23)/t13-,14+/m0/s1. The van der Waals surface area contributed by atoms with Gasteiger partial charge < -0.3 is 10.6 Å². The maximum atomic E-state index is 11.9. The molecule has 1 aromatic heterocycles. The zero-order valence-electron chi connectivity index (χ0n) is 13.4. The molecule has 2 aromatic rings. The van der Waals surface area contributed by atoms with Gasteiger partial charge in [-0.1, -0.05) is 37.3 Å². The zero-order chi connectivity index (χ0) is 16.7. The summed E-state index contributed by atoms with van der Waals surface area (Å²) in [4.78, 5) is 11.9. The molecule has 0 fully saturated rings. The van der Waals surface area contributed by atoms with Crippen LogP contribution in [0.5, 0.6) is 0 Å². The third kappa shape index (κ3) is 4.85. The molecule has 0 spiro atoms. The number of carbonyl (C=O) groups excluding carboxylic acids is 1. The number of hydrogen-bond donors (Lipinski definition) is 2. The first kappa shape index (κ1) is 16.6. The molecular weight excluding hydrogens is 290 g/mol. The van der Waals surface area contributed by atoms with E-state index in [0.29, 0.717) is 18.7 Å². The van der Waals surface area contributed by atoms with Crippen molar-refractivity contribution < 1.29 is 4.79 Å². The van der Waals surface area contributed by atoms with E-state index in [4.69, 9.17) is 5.26 Å². The molecule has 2 amide bonds. The molecule has 6 heteroatoms. The normalized spacial score (nSPS) is 12.9. The van der Waals surface area contributed by atoms with E-state index in [-0.39, 0.29) is 18.0 Å². The van der Waals surface area contributed by atoms with Crippen LogP contribution in [0.1, 0.15) is 30.9 Å². The van der Waals surface area contributed by atoms with Gasteiger partial charge in [-0.2, -0.15) is 10.4 Å².